The van der Waals surface area contributed by atoms with Gasteiger partial charge in [0.05, 0.1) is 7.11 Å². The zero-order valence-electron chi connectivity index (χ0n) is 8.62. The van der Waals surface area contributed by atoms with E-state index in [0.29, 0.717) is 13.2 Å². The Labute approximate surface area is 90.5 Å². The van der Waals surface area contributed by atoms with Gasteiger partial charge in [0.2, 0.25) is 0 Å². The van der Waals surface area contributed by atoms with Crippen LogP contribution in [-0.4, -0.2) is 31.8 Å². The summed E-state index contributed by atoms with van der Waals surface area (Å²) in [6.45, 7) is 3.34. The van der Waals surface area contributed by atoms with E-state index in [9.17, 15) is 4.79 Å². The summed E-state index contributed by atoms with van der Waals surface area (Å²) in [5, 5.41) is 0. The maximum absolute atomic E-state index is 11.2. The lowest BCUT2D eigenvalue weighted by atomic mass is 10.2. The number of carbonyl (C=O) groups is 1. The molecule has 14 heavy (non-hydrogen) atoms. The third-order valence-corrected chi connectivity index (χ3v) is 2.53. The van der Waals surface area contributed by atoms with Crippen LogP contribution in [0, 0.1) is 5.92 Å². The molecule has 2 N–H and O–H groups in total. The number of methoxy groups -OCH3 is 1. The van der Waals surface area contributed by atoms with E-state index in [1.165, 1.54) is 7.11 Å². The van der Waals surface area contributed by atoms with Gasteiger partial charge in [0.1, 0.15) is 5.54 Å². The van der Waals surface area contributed by atoms with Crippen molar-refractivity contribution >= 4 is 18.4 Å². The smallest absolute Gasteiger partial charge is 0.326 e. The van der Waals surface area contributed by atoms with Gasteiger partial charge in [0.25, 0.3) is 0 Å². The fourth-order valence-electron chi connectivity index (χ4n) is 1.52. The molecule has 5 heteroatoms. The molecule has 0 unspecified atom stereocenters. The third-order valence-electron chi connectivity index (χ3n) is 2.53. The molecule has 0 aromatic rings. The standard InChI is InChI=1S/C9H17NO3.ClH/c1-3-13-5-4-7-6-9(7,10)8(11)12-2;/h7H,3-6,10H2,1-2H3;1H/t7-,9-;/m1./s1. The molecular weight excluding hydrogens is 206 g/mol. The molecule has 0 amide bonds. The molecule has 0 aromatic carbocycles. The van der Waals surface area contributed by atoms with E-state index in [1.54, 1.807) is 0 Å². The Morgan fingerprint density at radius 2 is 2.29 bits per heavy atom. The van der Waals surface area contributed by atoms with Gasteiger partial charge in [-0.05, 0) is 25.7 Å². The van der Waals surface area contributed by atoms with Crippen LogP contribution in [0.3, 0.4) is 0 Å². The van der Waals surface area contributed by atoms with Crippen LogP contribution in [0.15, 0.2) is 0 Å². The number of nitrogens with two attached hydrogens (primary N) is 1. The van der Waals surface area contributed by atoms with Gasteiger partial charge in [-0.1, -0.05) is 0 Å². The van der Waals surface area contributed by atoms with Crippen molar-refractivity contribution in [3.05, 3.63) is 0 Å². The van der Waals surface area contributed by atoms with Crippen LogP contribution in [0.25, 0.3) is 0 Å². The van der Waals surface area contributed by atoms with Gasteiger partial charge < -0.3 is 15.2 Å². The van der Waals surface area contributed by atoms with Crippen molar-refractivity contribution in [2.24, 2.45) is 11.7 Å². The summed E-state index contributed by atoms with van der Waals surface area (Å²) in [6, 6.07) is 0. The van der Waals surface area contributed by atoms with E-state index < -0.39 is 5.54 Å². The first-order chi connectivity index (χ1) is 6.15. The normalized spacial score (nSPS) is 29.2. The molecular formula is C9H18ClNO3. The zero-order valence-corrected chi connectivity index (χ0v) is 9.43. The van der Waals surface area contributed by atoms with E-state index in [4.69, 9.17) is 10.5 Å². The van der Waals surface area contributed by atoms with E-state index in [1.807, 2.05) is 6.92 Å². The molecule has 0 aliphatic heterocycles. The highest BCUT2D eigenvalue weighted by Crippen LogP contribution is 2.44. The highest BCUT2D eigenvalue weighted by atomic mass is 35.5. The number of hydrogen-bond donors (Lipinski definition) is 1. The zero-order chi connectivity index (χ0) is 9.90. The SMILES string of the molecule is CCOCC[C@@H]1C[C@]1(N)C(=O)OC.Cl. The molecule has 0 aromatic heterocycles. The van der Waals surface area contributed by atoms with Crippen LogP contribution in [0.2, 0.25) is 0 Å². The van der Waals surface area contributed by atoms with Crippen molar-refractivity contribution in [3.63, 3.8) is 0 Å². The average Bonchev–Trinajstić information content (AvgIpc) is 2.78. The molecule has 1 fully saturated rings. The summed E-state index contributed by atoms with van der Waals surface area (Å²) >= 11 is 0. The van der Waals surface area contributed by atoms with Gasteiger partial charge in [-0.3, -0.25) is 4.79 Å². The number of esters is 1. The molecule has 0 heterocycles. The monoisotopic (exact) mass is 223 g/mol. The molecule has 0 saturated heterocycles. The summed E-state index contributed by atoms with van der Waals surface area (Å²) in [5.41, 5.74) is 5.08. The minimum atomic E-state index is -0.716. The topological polar surface area (TPSA) is 61.5 Å². The second-order valence-corrected chi connectivity index (χ2v) is 3.42. The molecule has 84 valence electrons. The fourth-order valence-corrected chi connectivity index (χ4v) is 1.52. The van der Waals surface area contributed by atoms with Gasteiger partial charge >= 0.3 is 5.97 Å². The van der Waals surface area contributed by atoms with Gasteiger partial charge in [-0.15, -0.1) is 12.4 Å². The quantitative estimate of drug-likeness (QED) is 0.551. The Morgan fingerprint density at radius 1 is 1.64 bits per heavy atom. The molecule has 2 atom stereocenters. The molecule has 1 aliphatic rings. The van der Waals surface area contributed by atoms with E-state index in [-0.39, 0.29) is 24.3 Å². The molecule has 0 spiro atoms. The number of hydrogen-bond acceptors (Lipinski definition) is 4. The maximum atomic E-state index is 11.2. The first-order valence-electron chi connectivity index (χ1n) is 4.60. The van der Waals surface area contributed by atoms with Gasteiger partial charge in [0, 0.05) is 13.2 Å². The second kappa shape index (κ2) is 5.53. The van der Waals surface area contributed by atoms with Crippen LogP contribution in [0.5, 0.6) is 0 Å². The lowest BCUT2D eigenvalue weighted by Gasteiger charge is -2.08. The van der Waals surface area contributed by atoms with E-state index in [2.05, 4.69) is 4.74 Å². The van der Waals surface area contributed by atoms with Crippen LogP contribution >= 0.6 is 12.4 Å². The van der Waals surface area contributed by atoms with Gasteiger partial charge in [0.15, 0.2) is 0 Å². The average molecular weight is 224 g/mol. The van der Waals surface area contributed by atoms with Crippen molar-refractivity contribution < 1.29 is 14.3 Å². The molecule has 1 aliphatic carbocycles. The lowest BCUT2D eigenvalue weighted by molar-refractivity contribution is -0.143. The lowest BCUT2D eigenvalue weighted by Crippen LogP contribution is -2.36. The summed E-state index contributed by atoms with van der Waals surface area (Å²) < 4.78 is 9.79. The number of rotatable bonds is 5. The summed E-state index contributed by atoms with van der Waals surface area (Å²) in [4.78, 5) is 11.2. The highest BCUT2D eigenvalue weighted by molar-refractivity contribution is 5.85. The van der Waals surface area contributed by atoms with Crippen molar-refractivity contribution in [2.45, 2.75) is 25.3 Å². The van der Waals surface area contributed by atoms with Crippen molar-refractivity contribution in [2.75, 3.05) is 20.3 Å². The van der Waals surface area contributed by atoms with Crippen LogP contribution in [-0.2, 0) is 14.3 Å². The van der Waals surface area contributed by atoms with Gasteiger partial charge in [-0.2, -0.15) is 0 Å². The first-order valence-corrected chi connectivity index (χ1v) is 4.60. The number of carbonyl (C=O) groups excluding carboxylic acids is 1. The Bertz CT molecular complexity index is 200. The molecule has 1 saturated carbocycles. The van der Waals surface area contributed by atoms with Crippen LogP contribution < -0.4 is 5.73 Å². The summed E-state index contributed by atoms with van der Waals surface area (Å²) in [6.07, 6.45) is 1.58. The third kappa shape index (κ3) is 2.83. The van der Waals surface area contributed by atoms with E-state index in [0.717, 1.165) is 12.8 Å². The fraction of sp³-hybridized carbons (Fsp3) is 0.889. The van der Waals surface area contributed by atoms with Gasteiger partial charge in [-0.25, -0.2) is 0 Å². The van der Waals surface area contributed by atoms with Crippen LogP contribution in [0.1, 0.15) is 19.8 Å². The minimum Gasteiger partial charge on any atom is -0.468 e. The van der Waals surface area contributed by atoms with Crippen molar-refractivity contribution in [1.29, 1.82) is 0 Å². The Balaban J connectivity index is 0.00000169. The summed E-state index contributed by atoms with van der Waals surface area (Å²) in [7, 11) is 1.37. The Kier molecular flexibility index (Phi) is 5.41. The second-order valence-electron chi connectivity index (χ2n) is 3.42. The maximum Gasteiger partial charge on any atom is 0.326 e. The van der Waals surface area contributed by atoms with Crippen molar-refractivity contribution in [1.82, 2.24) is 0 Å². The first kappa shape index (κ1) is 13.7. The predicted molar refractivity (Wildman–Crippen MR) is 55.4 cm³/mol. The summed E-state index contributed by atoms with van der Waals surface area (Å²) in [5.74, 6) is -0.0551. The molecule has 4 nitrogen and oxygen atoms in total. The highest BCUT2D eigenvalue weighted by Gasteiger charge is 2.57. The Morgan fingerprint density at radius 3 is 2.79 bits per heavy atom. The number of ether oxygens (including phenoxy) is 2. The minimum absolute atomic E-state index is 0. The van der Waals surface area contributed by atoms with E-state index >= 15 is 0 Å². The molecule has 0 bridgehead atoms. The van der Waals surface area contributed by atoms with Crippen LogP contribution in [0.4, 0.5) is 0 Å². The predicted octanol–water partition coefficient (Wildman–Crippen LogP) is 0.725. The van der Waals surface area contributed by atoms with Crippen molar-refractivity contribution in [3.8, 4) is 0 Å². The molecule has 1 rings (SSSR count). The molecule has 0 radical (unpaired) electrons. The largest absolute Gasteiger partial charge is 0.468 e. The Hall–Kier alpha value is -0.320. The number of halogens is 1.